The number of aromatic hydroxyl groups is 1. The highest BCUT2D eigenvalue weighted by Crippen LogP contribution is 2.14. The second-order valence-corrected chi connectivity index (χ2v) is 4.90. The van der Waals surface area contributed by atoms with E-state index in [1.807, 2.05) is 30.3 Å². The van der Waals surface area contributed by atoms with Crippen LogP contribution in [-0.4, -0.2) is 29.0 Å². The van der Waals surface area contributed by atoms with Crippen molar-refractivity contribution in [3.05, 3.63) is 65.7 Å². The molecule has 0 fully saturated rings. The maximum atomic E-state index is 12.6. The van der Waals surface area contributed by atoms with Crippen molar-refractivity contribution in [1.29, 1.82) is 0 Å². The highest BCUT2D eigenvalue weighted by molar-refractivity contribution is 5.94. The smallest absolute Gasteiger partial charge is 0.254 e. The standard InChI is InChI=1S/C17H20N2O2/c18-11-4-12-19(13-14-5-2-1-3-6-14)17(21)15-7-9-16(20)10-8-15/h1-3,5-10,20H,4,11-13,18H2. The van der Waals surface area contributed by atoms with Gasteiger partial charge in [-0.1, -0.05) is 30.3 Å². The number of phenolic OH excluding ortho intramolecular Hbond substituents is 1. The summed E-state index contributed by atoms with van der Waals surface area (Å²) in [5, 5.41) is 9.31. The third-order valence-corrected chi connectivity index (χ3v) is 3.25. The summed E-state index contributed by atoms with van der Waals surface area (Å²) in [6.07, 6.45) is 0.761. The van der Waals surface area contributed by atoms with Crippen molar-refractivity contribution in [1.82, 2.24) is 4.90 Å². The minimum Gasteiger partial charge on any atom is -0.508 e. The second-order valence-electron chi connectivity index (χ2n) is 4.90. The molecule has 4 heteroatoms. The van der Waals surface area contributed by atoms with Crippen LogP contribution < -0.4 is 5.73 Å². The average molecular weight is 284 g/mol. The number of benzene rings is 2. The normalized spacial score (nSPS) is 10.3. The summed E-state index contributed by atoms with van der Waals surface area (Å²) in [5.41, 5.74) is 7.21. The van der Waals surface area contributed by atoms with E-state index in [0.717, 1.165) is 12.0 Å². The SMILES string of the molecule is NCCCN(Cc1ccccc1)C(=O)c1ccc(O)cc1. The molecule has 0 radical (unpaired) electrons. The number of nitrogens with two attached hydrogens (primary N) is 1. The number of rotatable bonds is 6. The molecular weight excluding hydrogens is 264 g/mol. The van der Waals surface area contributed by atoms with Gasteiger partial charge < -0.3 is 15.7 Å². The zero-order valence-electron chi connectivity index (χ0n) is 11.9. The van der Waals surface area contributed by atoms with Crippen LogP contribution in [0.2, 0.25) is 0 Å². The molecule has 0 aromatic heterocycles. The van der Waals surface area contributed by atoms with Gasteiger partial charge in [-0.3, -0.25) is 4.79 Å². The lowest BCUT2D eigenvalue weighted by atomic mass is 10.1. The highest BCUT2D eigenvalue weighted by Gasteiger charge is 2.15. The molecule has 0 aliphatic heterocycles. The fraction of sp³-hybridized carbons (Fsp3) is 0.235. The lowest BCUT2D eigenvalue weighted by Crippen LogP contribution is -2.32. The Balaban J connectivity index is 2.14. The van der Waals surface area contributed by atoms with Crippen LogP contribution in [0.4, 0.5) is 0 Å². The van der Waals surface area contributed by atoms with Gasteiger partial charge >= 0.3 is 0 Å². The molecule has 1 amide bonds. The van der Waals surface area contributed by atoms with Gasteiger partial charge in [-0.15, -0.1) is 0 Å². The third-order valence-electron chi connectivity index (χ3n) is 3.25. The van der Waals surface area contributed by atoms with Crippen LogP contribution in [0, 0.1) is 0 Å². The van der Waals surface area contributed by atoms with E-state index in [1.165, 1.54) is 12.1 Å². The number of nitrogens with zero attached hydrogens (tertiary/aromatic N) is 1. The van der Waals surface area contributed by atoms with Crippen molar-refractivity contribution in [3.63, 3.8) is 0 Å². The van der Waals surface area contributed by atoms with E-state index in [4.69, 9.17) is 5.73 Å². The van der Waals surface area contributed by atoms with Gasteiger partial charge in [0.2, 0.25) is 0 Å². The van der Waals surface area contributed by atoms with E-state index in [1.54, 1.807) is 17.0 Å². The number of amides is 1. The van der Waals surface area contributed by atoms with Crippen LogP contribution in [0.25, 0.3) is 0 Å². The van der Waals surface area contributed by atoms with Crippen LogP contribution in [0.3, 0.4) is 0 Å². The van der Waals surface area contributed by atoms with Gasteiger partial charge in [0.15, 0.2) is 0 Å². The maximum Gasteiger partial charge on any atom is 0.254 e. The molecule has 2 aromatic rings. The molecule has 0 aliphatic carbocycles. The summed E-state index contributed by atoms with van der Waals surface area (Å²) in [6, 6.07) is 16.2. The van der Waals surface area contributed by atoms with Gasteiger partial charge in [0.1, 0.15) is 5.75 Å². The van der Waals surface area contributed by atoms with Crippen molar-refractivity contribution < 1.29 is 9.90 Å². The molecule has 0 atom stereocenters. The maximum absolute atomic E-state index is 12.6. The predicted octanol–water partition coefficient (Wildman–Crippen LogP) is 2.38. The Morgan fingerprint density at radius 2 is 1.71 bits per heavy atom. The van der Waals surface area contributed by atoms with Crippen LogP contribution in [-0.2, 0) is 6.54 Å². The lowest BCUT2D eigenvalue weighted by molar-refractivity contribution is 0.0742. The minimum atomic E-state index is -0.0488. The van der Waals surface area contributed by atoms with Gasteiger partial charge in [0.05, 0.1) is 0 Å². The summed E-state index contributed by atoms with van der Waals surface area (Å²) < 4.78 is 0. The second kappa shape index (κ2) is 7.45. The molecule has 2 rings (SSSR count). The fourth-order valence-corrected chi connectivity index (χ4v) is 2.12. The van der Waals surface area contributed by atoms with Gasteiger partial charge in [-0.05, 0) is 42.8 Å². The first-order valence-corrected chi connectivity index (χ1v) is 7.03. The summed E-state index contributed by atoms with van der Waals surface area (Å²) in [7, 11) is 0. The Morgan fingerprint density at radius 3 is 2.33 bits per heavy atom. The largest absolute Gasteiger partial charge is 0.508 e. The van der Waals surface area contributed by atoms with E-state index in [2.05, 4.69) is 0 Å². The number of phenols is 1. The highest BCUT2D eigenvalue weighted by atomic mass is 16.3. The summed E-state index contributed by atoms with van der Waals surface area (Å²) in [6.45, 7) is 1.72. The van der Waals surface area contributed by atoms with Crippen LogP contribution in [0.5, 0.6) is 5.75 Å². The Bertz CT molecular complexity index is 567. The zero-order chi connectivity index (χ0) is 15.1. The van der Waals surface area contributed by atoms with E-state index in [-0.39, 0.29) is 11.7 Å². The third kappa shape index (κ3) is 4.33. The Kier molecular flexibility index (Phi) is 5.35. The summed E-state index contributed by atoms with van der Waals surface area (Å²) in [4.78, 5) is 14.4. The van der Waals surface area contributed by atoms with Gasteiger partial charge in [-0.25, -0.2) is 0 Å². The number of carbonyl (C=O) groups is 1. The van der Waals surface area contributed by atoms with E-state index >= 15 is 0 Å². The monoisotopic (exact) mass is 284 g/mol. The predicted molar refractivity (Wildman–Crippen MR) is 83.0 cm³/mol. The summed E-state index contributed by atoms with van der Waals surface area (Å²) >= 11 is 0. The quantitative estimate of drug-likeness (QED) is 0.856. The van der Waals surface area contributed by atoms with Crippen molar-refractivity contribution in [2.75, 3.05) is 13.1 Å². The molecule has 0 bridgehead atoms. The molecule has 0 spiro atoms. The Labute approximate surface area is 124 Å². The number of carbonyl (C=O) groups excluding carboxylic acids is 1. The minimum absolute atomic E-state index is 0.0488. The van der Waals surface area contributed by atoms with Crippen LogP contribution >= 0.6 is 0 Å². The summed E-state index contributed by atoms with van der Waals surface area (Å²) in [5.74, 6) is 0.107. The molecule has 2 aromatic carbocycles. The molecular formula is C17H20N2O2. The molecule has 0 saturated heterocycles. The zero-order valence-corrected chi connectivity index (χ0v) is 11.9. The van der Waals surface area contributed by atoms with E-state index in [9.17, 15) is 9.90 Å². The molecule has 0 aliphatic rings. The van der Waals surface area contributed by atoms with Gasteiger partial charge in [0.25, 0.3) is 5.91 Å². The molecule has 110 valence electrons. The Morgan fingerprint density at radius 1 is 1.05 bits per heavy atom. The first-order chi connectivity index (χ1) is 10.2. The first kappa shape index (κ1) is 15.1. The number of hydrogen-bond acceptors (Lipinski definition) is 3. The Hall–Kier alpha value is -2.33. The average Bonchev–Trinajstić information content (AvgIpc) is 2.52. The van der Waals surface area contributed by atoms with E-state index in [0.29, 0.717) is 25.2 Å². The lowest BCUT2D eigenvalue weighted by Gasteiger charge is -2.23. The molecule has 3 N–H and O–H groups in total. The van der Waals surface area contributed by atoms with Gasteiger partial charge in [0, 0.05) is 18.7 Å². The van der Waals surface area contributed by atoms with Crippen molar-refractivity contribution >= 4 is 5.91 Å². The number of hydrogen-bond donors (Lipinski definition) is 2. The first-order valence-electron chi connectivity index (χ1n) is 7.03. The topological polar surface area (TPSA) is 66.6 Å². The molecule has 0 heterocycles. The molecule has 21 heavy (non-hydrogen) atoms. The van der Waals surface area contributed by atoms with Crippen molar-refractivity contribution in [2.24, 2.45) is 5.73 Å². The van der Waals surface area contributed by atoms with Crippen LogP contribution in [0.15, 0.2) is 54.6 Å². The van der Waals surface area contributed by atoms with Crippen LogP contribution in [0.1, 0.15) is 22.3 Å². The molecule has 4 nitrogen and oxygen atoms in total. The van der Waals surface area contributed by atoms with E-state index < -0.39 is 0 Å². The van der Waals surface area contributed by atoms with Crippen molar-refractivity contribution in [2.45, 2.75) is 13.0 Å². The fourth-order valence-electron chi connectivity index (χ4n) is 2.12. The van der Waals surface area contributed by atoms with Crippen molar-refractivity contribution in [3.8, 4) is 5.75 Å². The molecule has 0 saturated carbocycles. The van der Waals surface area contributed by atoms with Gasteiger partial charge in [-0.2, -0.15) is 0 Å². The molecule has 0 unspecified atom stereocenters.